The molecule has 1 radical (unpaired) electrons. The van der Waals surface area contributed by atoms with Gasteiger partial charge in [0.25, 0.3) is 0 Å². The maximum Gasteiger partial charge on any atom is 0.397 e. The molecule has 1 aromatic heterocycles. The first kappa shape index (κ1) is 7.34. The van der Waals surface area contributed by atoms with Crippen LogP contribution in [0.25, 0.3) is 0 Å². The van der Waals surface area contributed by atoms with E-state index in [1.54, 1.807) is 5.97 Å². The molecule has 53 valence electrons. The molecule has 0 amide bonds. The zero-order valence-corrected chi connectivity index (χ0v) is 5.56. The standard InChI is InChI=1S/C5H4BN4O/c7-3-6-10-4(8)1-2-9-5(10)11/h1-2H,8H2. The topological polar surface area (TPSA) is 84.7 Å². The number of anilines is 1. The third-order valence-corrected chi connectivity index (χ3v) is 1.10. The van der Waals surface area contributed by atoms with Gasteiger partial charge in [0.05, 0.1) is 5.82 Å². The molecule has 0 atom stereocenters. The number of hydrogen-bond donors (Lipinski definition) is 1. The van der Waals surface area contributed by atoms with E-state index in [0.717, 1.165) is 11.9 Å². The van der Waals surface area contributed by atoms with Crippen LogP contribution < -0.4 is 11.4 Å². The van der Waals surface area contributed by atoms with Gasteiger partial charge >= 0.3 is 13.1 Å². The lowest BCUT2D eigenvalue weighted by Gasteiger charge is -1.99. The Labute approximate surface area is 63.3 Å². The summed E-state index contributed by atoms with van der Waals surface area (Å²) in [4.78, 5) is 14.2. The molecule has 0 saturated heterocycles. The highest BCUT2D eigenvalue weighted by Gasteiger charge is 2.00. The largest absolute Gasteiger partial charge is 0.397 e. The third kappa shape index (κ3) is 1.38. The second kappa shape index (κ2) is 2.88. The van der Waals surface area contributed by atoms with E-state index in [9.17, 15) is 4.79 Å². The molecule has 6 heteroatoms. The number of hydrogen-bond acceptors (Lipinski definition) is 4. The van der Waals surface area contributed by atoms with Gasteiger partial charge in [-0.3, -0.25) is 0 Å². The number of nitrogens with two attached hydrogens (primary N) is 1. The first-order valence-corrected chi connectivity index (χ1v) is 2.81. The Morgan fingerprint density at radius 3 is 3.09 bits per heavy atom. The summed E-state index contributed by atoms with van der Waals surface area (Å²) in [5.41, 5.74) is 4.80. The van der Waals surface area contributed by atoms with Crippen LogP contribution in [0.3, 0.4) is 0 Å². The van der Waals surface area contributed by atoms with Gasteiger partial charge in [0.1, 0.15) is 0 Å². The number of nitrogens with zero attached hydrogens (tertiary/aromatic N) is 3. The van der Waals surface area contributed by atoms with Crippen molar-refractivity contribution in [3.63, 3.8) is 0 Å². The van der Waals surface area contributed by atoms with Crippen molar-refractivity contribution >= 4 is 13.2 Å². The summed E-state index contributed by atoms with van der Waals surface area (Å²) in [5.74, 6) is 1.88. The van der Waals surface area contributed by atoms with Crippen LogP contribution in [0.5, 0.6) is 0 Å². The predicted octanol–water partition coefficient (Wildman–Crippen LogP) is -1.23. The van der Waals surface area contributed by atoms with Crippen LogP contribution in [0.15, 0.2) is 17.1 Å². The number of nitrogen functional groups attached to an aromatic ring is 1. The fraction of sp³-hybridized carbons (Fsp3) is 0. The van der Waals surface area contributed by atoms with Crippen LogP contribution in [-0.4, -0.2) is 16.9 Å². The average molecular weight is 147 g/mol. The Hall–Kier alpha value is -1.77. The van der Waals surface area contributed by atoms with Gasteiger partial charge in [-0.1, -0.05) is 0 Å². The lowest BCUT2D eigenvalue weighted by molar-refractivity contribution is 1.01. The Morgan fingerprint density at radius 2 is 2.55 bits per heavy atom. The van der Waals surface area contributed by atoms with Crippen molar-refractivity contribution < 1.29 is 0 Å². The zero-order valence-electron chi connectivity index (χ0n) is 5.56. The summed E-state index contributed by atoms with van der Waals surface area (Å²) in [7, 11) is 1.00. The molecule has 0 fully saturated rings. The Kier molecular flexibility index (Phi) is 1.92. The van der Waals surface area contributed by atoms with Crippen molar-refractivity contribution in [3.8, 4) is 5.97 Å². The van der Waals surface area contributed by atoms with Gasteiger partial charge in [-0.2, -0.15) is 0 Å². The molecule has 0 spiro atoms. The molecule has 0 saturated carbocycles. The van der Waals surface area contributed by atoms with Crippen LogP contribution in [0, 0.1) is 11.2 Å². The molecule has 5 nitrogen and oxygen atoms in total. The summed E-state index contributed by atoms with van der Waals surface area (Å²) < 4.78 is 0.972. The van der Waals surface area contributed by atoms with Crippen molar-refractivity contribution in [1.82, 2.24) is 9.46 Å². The molecule has 0 aliphatic rings. The molecule has 11 heavy (non-hydrogen) atoms. The smallest absolute Gasteiger partial charge is 0.386 e. The summed E-state index contributed by atoms with van der Waals surface area (Å²) in [5, 5.41) is 8.22. The van der Waals surface area contributed by atoms with E-state index < -0.39 is 5.69 Å². The third-order valence-electron chi connectivity index (χ3n) is 1.10. The molecular formula is C5H4BN4O. The van der Waals surface area contributed by atoms with Crippen LogP contribution in [0.1, 0.15) is 0 Å². The van der Waals surface area contributed by atoms with Gasteiger partial charge in [-0.15, -0.1) is 0 Å². The minimum Gasteiger partial charge on any atom is -0.386 e. The molecule has 0 aliphatic carbocycles. The van der Waals surface area contributed by atoms with E-state index in [2.05, 4.69) is 4.98 Å². The highest BCUT2D eigenvalue weighted by molar-refractivity contribution is 6.43. The lowest BCUT2D eigenvalue weighted by Crippen LogP contribution is -2.27. The number of nitriles is 1. The molecule has 1 aromatic rings. The molecule has 0 unspecified atom stereocenters. The summed E-state index contributed by atoms with van der Waals surface area (Å²) in [6.07, 6.45) is 1.29. The quantitative estimate of drug-likeness (QED) is 0.504. The second-order valence-corrected chi connectivity index (χ2v) is 1.78. The van der Waals surface area contributed by atoms with E-state index in [4.69, 9.17) is 11.0 Å². The summed E-state index contributed by atoms with van der Waals surface area (Å²) >= 11 is 0. The highest BCUT2D eigenvalue weighted by Crippen LogP contribution is 1.90. The number of aromatic nitrogens is 2. The molecule has 0 bridgehead atoms. The Morgan fingerprint density at radius 1 is 1.82 bits per heavy atom. The molecule has 0 aliphatic heterocycles. The summed E-state index contributed by atoms with van der Waals surface area (Å²) in [6.45, 7) is 0. The van der Waals surface area contributed by atoms with Crippen LogP contribution in [0.2, 0.25) is 0 Å². The van der Waals surface area contributed by atoms with E-state index >= 15 is 0 Å². The van der Waals surface area contributed by atoms with Crippen molar-refractivity contribution in [2.45, 2.75) is 0 Å². The minimum atomic E-state index is -0.549. The average Bonchev–Trinajstić information content (AvgIpc) is 1.97. The van der Waals surface area contributed by atoms with Gasteiger partial charge in [0.2, 0.25) is 0 Å². The van der Waals surface area contributed by atoms with Crippen LogP contribution >= 0.6 is 0 Å². The maximum atomic E-state index is 10.8. The van der Waals surface area contributed by atoms with E-state index in [0.29, 0.717) is 0 Å². The minimum absolute atomic E-state index is 0.201. The molecule has 0 aromatic carbocycles. The van der Waals surface area contributed by atoms with Gasteiger partial charge in [-0.05, 0) is 6.07 Å². The molecule has 1 rings (SSSR count). The molecule has 1 heterocycles. The second-order valence-electron chi connectivity index (χ2n) is 1.78. The van der Waals surface area contributed by atoms with Crippen LogP contribution in [0.4, 0.5) is 5.82 Å². The Bertz CT molecular complexity index is 352. The maximum absolute atomic E-state index is 10.8. The summed E-state index contributed by atoms with van der Waals surface area (Å²) in [6, 6.07) is 1.44. The van der Waals surface area contributed by atoms with Gasteiger partial charge in [0.15, 0.2) is 0 Å². The molecular weight excluding hydrogens is 143 g/mol. The molecule has 2 N–H and O–H groups in total. The highest BCUT2D eigenvalue weighted by atomic mass is 16.1. The van der Waals surface area contributed by atoms with Crippen molar-refractivity contribution in [2.75, 3.05) is 5.73 Å². The van der Waals surface area contributed by atoms with Crippen molar-refractivity contribution in [3.05, 3.63) is 22.7 Å². The predicted molar refractivity (Wildman–Crippen MR) is 39.7 cm³/mol. The normalized spacial score (nSPS) is 8.64. The van der Waals surface area contributed by atoms with Gasteiger partial charge < -0.3 is 10.2 Å². The number of rotatable bonds is 1. The van der Waals surface area contributed by atoms with Crippen LogP contribution in [-0.2, 0) is 0 Å². The van der Waals surface area contributed by atoms with Crippen molar-refractivity contribution in [1.29, 1.82) is 5.26 Å². The van der Waals surface area contributed by atoms with Crippen molar-refractivity contribution in [2.24, 2.45) is 0 Å². The zero-order chi connectivity index (χ0) is 8.27. The fourth-order valence-corrected chi connectivity index (χ4v) is 0.618. The SMILES string of the molecule is N#C[B]n1c(N)ccnc1=O. The van der Waals surface area contributed by atoms with Gasteiger partial charge in [-0.25, -0.2) is 15.0 Å². The fourth-order valence-electron chi connectivity index (χ4n) is 0.618. The monoisotopic (exact) mass is 147 g/mol. The van der Waals surface area contributed by atoms with E-state index in [1.807, 2.05) is 0 Å². The first-order valence-electron chi connectivity index (χ1n) is 2.81. The van der Waals surface area contributed by atoms with E-state index in [-0.39, 0.29) is 5.82 Å². The Balaban J connectivity index is 3.24. The lowest BCUT2D eigenvalue weighted by atomic mass is 9.98. The van der Waals surface area contributed by atoms with E-state index in [1.165, 1.54) is 12.3 Å². The first-order chi connectivity index (χ1) is 5.25. The van der Waals surface area contributed by atoms with Gasteiger partial charge in [0, 0.05) is 12.2 Å².